The first-order valence-corrected chi connectivity index (χ1v) is 12.8. The van der Waals surface area contributed by atoms with Crippen molar-refractivity contribution in [3.63, 3.8) is 0 Å². The predicted octanol–water partition coefficient (Wildman–Crippen LogP) is 6.76. The molecule has 6 heteroatoms. The third kappa shape index (κ3) is 4.26. The van der Waals surface area contributed by atoms with Gasteiger partial charge >= 0.3 is 0 Å². The highest BCUT2D eigenvalue weighted by Gasteiger charge is 2.43. The Kier molecular flexibility index (Phi) is 6.54. The van der Waals surface area contributed by atoms with E-state index in [2.05, 4.69) is 84.1 Å². The van der Waals surface area contributed by atoms with Crippen molar-refractivity contribution in [3.8, 4) is 11.4 Å². The van der Waals surface area contributed by atoms with Crippen LogP contribution in [0.25, 0.3) is 5.69 Å². The minimum atomic E-state index is -0.0892. The van der Waals surface area contributed by atoms with E-state index in [-0.39, 0.29) is 18.2 Å². The summed E-state index contributed by atoms with van der Waals surface area (Å²) in [6.07, 6.45) is 1.97. The van der Waals surface area contributed by atoms with Crippen LogP contribution in [-0.2, 0) is 0 Å². The molecule has 0 amide bonds. The SMILES string of the molecule is Cc1c([C@H]2[C@@H](c3ccccn3)NC(=S)N2c2ccc(OC(C)C)cc2)c(C)n(-c2ccccc2)c1C. The van der Waals surface area contributed by atoms with Gasteiger partial charge in [-0.1, -0.05) is 24.3 Å². The average Bonchev–Trinajstić information content (AvgIpc) is 3.32. The molecule has 0 aliphatic carbocycles. The van der Waals surface area contributed by atoms with E-state index in [1.54, 1.807) is 0 Å². The summed E-state index contributed by atoms with van der Waals surface area (Å²) in [6.45, 7) is 10.7. The van der Waals surface area contributed by atoms with E-state index in [0.29, 0.717) is 5.11 Å². The molecule has 1 N–H and O–H groups in total. The smallest absolute Gasteiger partial charge is 0.174 e. The minimum absolute atomic E-state index is 0.0621. The number of rotatable bonds is 6. The van der Waals surface area contributed by atoms with Gasteiger partial charge in [-0.3, -0.25) is 4.98 Å². The number of nitrogens with zero attached hydrogens (tertiary/aromatic N) is 3. The van der Waals surface area contributed by atoms with Crippen LogP contribution < -0.4 is 15.0 Å². The van der Waals surface area contributed by atoms with Crippen molar-refractivity contribution >= 4 is 23.0 Å². The number of para-hydroxylation sites is 1. The summed E-state index contributed by atoms with van der Waals surface area (Å²) in [5.74, 6) is 0.850. The first-order chi connectivity index (χ1) is 17.4. The van der Waals surface area contributed by atoms with Crippen LogP contribution in [-0.4, -0.2) is 20.8 Å². The second kappa shape index (κ2) is 9.78. The van der Waals surface area contributed by atoms with E-state index in [1.165, 1.54) is 22.5 Å². The molecule has 1 aliphatic rings. The van der Waals surface area contributed by atoms with Gasteiger partial charge in [0.05, 0.1) is 23.9 Å². The van der Waals surface area contributed by atoms with E-state index >= 15 is 0 Å². The molecular formula is C30H32N4OS. The predicted molar refractivity (Wildman–Crippen MR) is 150 cm³/mol. The van der Waals surface area contributed by atoms with Gasteiger partial charge in [0, 0.05) is 34.5 Å². The molecule has 1 fully saturated rings. The van der Waals surface area contributed by atoms with E-state index in [0.717, 1.165) is 22.8 Å². The topological polar surface area (TPSA) is 42.3 Å². The number of aromatic nitrogens is 2. The molecule has 0 spiro atoms. The number of hydrogen-bond acceptors (Lipinski definition) is 3. The van der Waals surface area contributed by atoms with E-state index < -0.39 is 0 Å². The fourth-order valence-electron chi connectivity index (χ4n) is 5.29. The van der Waals surface area contributed by atoms with Crippen LogP contribution in [0.15, 0.2) is 79.0 Å². The van der Waals surface area contributed by atoms with Crippen LogP contribution in [0.1, 0.15) is 54.1 Å². The molecule has 4 aromatic rings. The normalized spacial score (nSPS) is 17.5. The maximum atomic E-state index is 5.95. The molecule has 5 nitrogen and oxygen atoms in total. The number of anilines is 1. The lowest BCUT2D eigenvalue weighted by Crippen LogP contribution is -2.29. The Morgan fingerprint density at radius 2 is 1.56 bits per heavy atom. The van der Waals surface area contributed by atoms with Crippen LogP contribution in [0.2, 0.25) is 0 Å². The van der Waals surface area contributed by atoms with Crippen LogP contribution in [0.4, 0.5) is 5.69 Å². The van der Waals surface area contributed by atoms with Gasteiger partial charge < -0.3 is 19.5 Å². The molecular weight excluding hydrogens is 464 g/mol. The summed E-state index contributed by atoms with van der Waals surface area (Å²) in [7, 11) is 0. The van der Waals surface area contributed by atoms with Crippen molar-refractivity contribution in [1.29, 1.82) is 0 Å². The van der Waals surface area contributed by atoms with E-state index in [4.69, 9.17) is 21.9 Å². The van der Waals surface area contributed by atoms with Gasteiger partial charge in [-0.05, 0) is 101 Å². The maximum Gasteiger partial charge on any atom is 0.174 e. The van der Waals surface area contributed by atoms with Crippen molar-refractivity contribution in [2.24, 2.45) is 0 Å². The molecule has 2 aromatic heterocycles. The highest BCUT2D eigenvalue weighted by atomic mass is 32.1. The molecule has 0 bridgehead atoms. The molecule has 184 valence electrons. The number of thiocarbonyl (C=S) groups is 1. The molecule has 0 radical (unpaired) electrons. The summed E-state index contributed by atoms with van der Waals surface area (Å²) in [5.41, 5.74) is 8.12. The average molecular weight is 497 g/mol. The number of hydrogen-bond donors (Lipinski definition) is 1. The van der Waals surface area contributed by atoms with Gasteiger partial charge in [-0.15, -0.1) is 0 Å². The molecule has 0 saturated carbocycles. The van der Waals surface area contributed by atoms with Crippen molar-refractivity contribution in [2.75, 3.05) is 4.90 Å². The second-order valence-electron chi connectivity index (χ2n) is 9.54. The van der Waals surface area contributed by atoms with Gasteiger partial charge in [0.2, 0.25) is 0 Å². The van der Waals surface area contributed by atoms with Crippen LogP contribution in [0.5, 0.6) is 5.75 Å². The summed E-state index contributed by atoms with van der Waals surface area (Å²) in [5, 5.41) is 4.28. The van der Waals surface area contributed by atoms with E-state index in [1.807, 2.05) is 44.3 Å². The van der Waals surface area contributed by atoms with Crippen molar-refractivity contribution in [1.82, 2.24) is 14.9 Å². The third-order valence-corrected chi connectivity index (χ3v) is 7.22. The monoisotopic (exact) mass is 496 g/mol. The lowest BCUT2D eigenvalue weighted by Gasteiger charge is -2.29. The van der Waals surface area contributed by atoms with Gasteiger partial charge in [0.15, 0.2) is 5.11 Å². The first kappa shape index (κ1) is 24.1. The number of pyridine rings is 1. The fourth-order valence-corrected chi connectivity index (χ4v) is 5.64. The summed E-state index contributed by atoms with van der Waals surface area (Å²) >= 11 is 5.95. The second-order valence-corrected chi connectivity index (χ2v) is 9.92. The van der Waals surface area contributed by atoms with Gasteiger partial charge in [-0.2, -0.15) is 0 Å². The molecule has 1 aliphatic heterocycles. The number of benzene rings is 2. The standard InChI is InChI=1S/C30H32N4OS/c1-19(2)35-25-16-14-24(15-17-25)34-29(28(32-30(34)36)26-13-9-10-18-31-26)27-20(3)21(4)33(22(27)5)23-11-7-6-8-12-23/h6-19,28-29H,1-5H3,(H,32,36)/t28-,29+/m1/s1. The highest BCUT2D eigenvalue weighted by Crippen LogP contribution is 2.45. The van der Waals surface area contributed by atoms with Gasteiger partial charge in [-0.25, -0.2) is 0 Å². The summed E-state index contributed by atoms with van der Waals surface area (Å²) < 4.78 is 8.23. The fraction of sp³-hybridized carbons (Fsp3) is 0.267. The molecule has 3 heterocycles. The minimum Gasteiger partial charge on any atom is -0.491 e. The first-order valence-electron chi connectivity index (χ1n) is 12.4. The van der Waals surface area contributed by atoms with Crippen LogP contribution in [0.3, 0.4) is 0 Å². The Labute approximate surface area is 218 Å². The zero-order valence-electron chi connectivity index (χ0n) is 21.4. The summed E-state index contributed by atoms with van der Waals surface area (Å²) in [6, 6.07) is 24.6. The Morgan fingerprint density at radius 3 is 2.19 bits per heavy atom. The Morgan fingerprint density at radius 1 is 0.861 bits per heavy atom. The quantitative estimate of drug-likeness (QED) is 0.299. The van der Waals surface area contributed by atoms with Crippen LogP contribution >= 0.6 is 12.2 Å². The summed E-state index contributed by atoms with van der Waals surface area (Å²) in [4.78, 5) is 6.95. The highest BCUT2D eigenvalue weighted by molar-refractivity contribution is 7.80. The molecule has 2 aromatic carbocycles. The number of ether oxygens (including phenoxy) is 1. The van der Waals surface area contributed by atoms with Gasteiger partial charge in [0.25, 0.3) is 0 Å². The molecule has 2 atom stereocenters. The Bertz CT molecular complexity index is 1360. The molecule has 0 unspecified atom stereocenters. The van der Waals surface area contributed by atoms with Crippen LogP contribution in [0, 0.1) is 20.8 Å². The van der Waals surface area contributed by atoms with Crippen molar-refractivity contribution in [3.05, 3.63) is 107 Å². The molecule has 36 heavy (non-hydrogen) atoms. The molecule has 1 saturated heterocycles. The number of nitrogens with one attached hydrogen (secondary N) is 1. The zero-order chi connectivity index (χ0) is 25.4. The zero-order valence-corrected chi connectivity index (χ0v) is 22.2. The largest absolute Gasteiger partial charge is 0.491 e. The third-order valence-electron chi connectivity index (χ3n) is 6.90. The lowest BCUT2D eigenvalue weighted by molar-refractivity contribution is 0.242. The van der Waals surface area contributed by atoms with Crippen molar-refractivity contribution in [2.45, 2.75) is 52.8 Å². The lowest BCUT2D eigenvalue weighted by atomic mass is 9.93. The van der Waals surface area contributed by atoms with Crippen molar-refractivity contribution < 1.29 is 4.74 Å². The Balaban J connectivity index is 1.66. The van der Waals surface area contributed by atoms with E-state index in [9.17, 15) is 0 Å². The Hall–Kier alpha value is -3.64. The van der Waals surface area contributed by atoms with Gasteiger partial charge in [0.1, 0.15) is 5.75 Å². The maximum absolute atomic E-state index is 5.95. The molecule has 5 rings (SSSR count).